The standard InChI is InChI=1S/C23H19ClF3N5O2/c1-12-7-14(4-6-19(12)33-11-16-5-3-13(2)28-16)20-30-22(34-31-20)18-10-32-9-15(23(25,26)27)8-17(24)21(32)29-18/h4,6-10,16,28H,2-3,5,11H2,1H3/t16-/m0/s1/i3D2. The van der Waals surface area contributed by atoms with Crippen LogP contribution in [0.15, 0.2) is 53.5 Å². The number of aryl methyl sites for hydroxylation is 1. The molecule has 0 radical (unpaired) electrons. The number of alkyl halides is 3. The Labute approximate surface area is 200 Å². The summed E-state index contributed by atoms with van der Waals surface area (Å²) in [5, 5.41) is 6.82. The molecule has 11 heteroatoms. The van der Waals surface area contributed by atoms with Gasteiger partial charge in [0.05, 0.1) is 16.6 Å². The van der Waals surface area contributed by atoms with Crippen LogP contribution in [-0.2, 0) is 6.18 Å². The van der Waals surface area contributed by atoms with Crippen LogP contribution in [0.1, 0.15) is 26.7 Å². The third kappa shape index (κ3) is 4.33. The number of hydrogen-bond acceptors (Lipinski definition) is 6. The molecule has 1 aliphatic heterocycles. The first-order chi connectivity index (χ1) is 16.9. The number of nitrogens with zero attached hydrogens (tertiary/aromatic N) is 4. The number of ether oxygens (including phenoxy) is 1. The fourth-order valence-electron chi connectivity index (χ4n) is 3.60. The minimum absolute atomic E-state index is 0.0260. The number of aromatic nitrogens is 4. The fourth-order valence-corrected chi connectivity index (χ4v) is 3.85. The van der Waals surface area contributed by atoms with E-state index in [0.717, 1.165) is 17.8 Å². The van der Waals surface area contributed by atoms with E-state index in [1.807, 2.05) is 6.92 Å². The van der Waals surface area contributed by atoms with Crippen molar-refractivity contribution in [1.82, 2.24) is 24.8 Å². The average Bonchev–Trinajstić information content (AvgIpc) is 3.50. The van der Waals surface area contributed by atoms with Crippen molar-refractivity contribution in [3.8, 4) is 28.7 Å². The van der Waals surface area contributed by atoms with E-state index in [4.69, 9.17) is 23.6 Å². The summed E-state index contributed by atoms with van der Waals surface area (Å²) in [5.74, 6) is 0.914. The Kier molecular flexibility index (Phi) is 4.89. The van der Waals surface area contributed by atoms with Crippen molar-refractivity contribution in [3.63, 3.8) is 0 Å². The Morgan fingerprint density at radius 3 is 2.85 bits per heavy atom. The molecule has 1 fully saturated rings. The molecular formula is C23H19ClF3N5O2. The van der Waals surface area contributed by atoms with Crippen LogP contribution >= 0.6 is 11.6 Å². The van der Waals surface area contributed by atoms with Crippen molar-refractivity contribution >= 4 is 17.2 Å². The van der Waals surface area contributed by atoms with Crippen LogP contribution in [0.2, 0.25) is 5.02 Å². The first-order valence-electron chi connectivity index (χ1n) is 11.2. The molecule has 34 heavy (non-hydrogen) atoms. The van der Waals surface area contributed by atoms with Gasteiger partial charge in [-0.05, 0) is 49.5 Å². The van der Waals surface area contributed by atoms with Gasteiger partial charge in [-0.1, -0.05) is 23.3 Å². The highest BCUT2D eigenvalue weighted by Gasteiger charge is 2.32. The molecule has 1 aliphatic rings. The molecule has 176 valence electrons. The third-order valence-electron chi connectivity index (χ3n) is 5.29. The van der Waals surface area contributed by atoms with E-state index in [9.17, 15) is 13.2 Å². The summed E-state index contributed by atoms with van der Waals surface area (Å²) in [5.41, 5.74) is 1.20. The minimum Gasteiger partial charge on any atom is -0.491 e. The SMILES string of the molecule is [2H]C1([2H])C[C@@H](COc2ccc(-c3noc(-c4cn5cc(C(F)(F)F)cc(Cl)c5n4)n3)cc2C)NC1=C. The number of pyridine rings is 1. The number of nitrogens with one attached hydrogen (secondary N) is 1. The van der Waals surface area contributed by atoms with Gasteiger partial charge in [-0.25, -0.2) is 4.98 Å². The maximum absolute atomic E-state index is 13.1. The van der Waals surface area contributed by atoms with E-state index in [1.54, 1.807) is 18.2 Å². The lowest BCUT2D eigenvalue weighted by Crippen LogP contribution is -2.27. The molecule has 5 rings (SSSR count). The highest BCUT2D eigenvalue weighted by molar-refractivity contribution is 6.33. The van der Waals surface area contributed by atoms with Crippen LogP contribution in [-0.4, -0.2) is 32.2 Å². The van der Waals surface area contributed by atoms with Crippen LogP contribution in [0.5, 0.6) is 5.75 Å². The van der Waals surface area contributed by atoms with Gasteiger partial charge in [-0.3, -0.25) is 0 Å². The molecule has 1 aromatic carbocycles. The molecule has 3 aromatic heterocycles. The lowest BCUT2D eigenvalue weighted by atomic mass is 10.1. The number of benzene rings is 1. The predicted molar refractivity (Wildman–Crippen MR) is 119 cm³/mol. The second-order valence-electron chi connectivity index (χ2n) is 7.85. The van der Waals surface area contributed by atoms with E-state index in [2.05, 4.69) is 27.0 Å². The van der Waals surface area contributed by atoms with Gasteiger partial charge in [0.2, 0.25) is 5.82 Å². The van der Waals surface area contributed by atoms with E-state index in [-0.39, 0.29) is 47.1 Å². The van der Waals surface area contributed by atoms with Gasteiger partial charge in [-0.15, -0.1) is 0 Å². The summed E-state index contributed by atoms with van der Waals surface area (Å²) in [6.07, 6.45) is -3.51. The van der Waals surface area contributed by atoms with Gasteiger partial charge in [0.15, 0.2) is 5.65 Å². The summed E-state index contributed by atoms with van der Waals surface area (Å²) in [7, 11) is 0. The van der Waals surface area contributed by atoms with Crippen LogP contribution in [0.25, 0.3) is 28.6 Å². The lowest BCUT2D eigenvalue weighted by Gasteiger charge is -2.14. The number of allylic oxidation sites excluding steroid dienone is 1. The van der Waals surface area contributed by atoms with Gasteiger partial charge in [-0.2, -0.15) is 18.2 Å². The summed E-state index contributed by atoms with van der Waals surface area (Å²) < 4.78 is 67.4. The molecule has 0 unspecified atom stereocenters. The number of halogens is 4. The van der Waals surface area contributed by atoms with Crippen molar-refractivity contribution in [2.24, 2.45) is 0 Å². The first-order valence-corrected chi connectivity index (χ1v) is 10.6. The quantitative estimate of drug-likeness (QED) is 0.387. The largest absolute Gasteiger partial charge is 0.491 e. The molecule has 0 amide bonds. The van der Waals surface area contributed by atoms with Gasteiger partial charge in [0.1, 0.15) is 18.1 Å². The summed E-state index contributed by atoms with van der Waals surface area (Å²) in [6.45, 7) is 5.83. The Morgan fingerprint density at radius 2 is 2.15 bits per heavy atom. The fraction of sp³-hybridized carbons (Fsp3) is 0.261. The highest BCUT2D eigenvalue weighted by atomic mass is 35.5. The van der Waals surface area contributed by atoms with Gasteiger partial charge in [0, 0.05) is 26.4 Å². The van der Waals surface area contributed by atoms with Crippen molar-refractivity contribution in [2.75, 3.05) is 6.61 Å². The molecule has 1 N–H and O–H groups in total. The van der Waals surface area contributed by atoms with E-state index < -0.39 is 18.1 Å². The molecule has 0 spiro atoms. The van der Waals surface area contributed by atoms with Crippen LogP contribution in [0, 0.1) is 6.92 Å². The Morgan fingerprint density at radius 1 is 1.32 bits per heavy atom. The summed E-state index contributed by atoms with van der Waals surface area (Å²) in [6, 6.07) is 5.93. The zero-order valence-electron chi connectivity index (χ0n) is 19.8. The molecule has 1 saturated heterocycles. The van der Waals surface area contributed by atoms with E-state index >= 15 is 0 Å². The Bertz CT molecular complexity index is 1480. The highest BCUT2D eigenvalue weighted by Crippen LogP contribution is 2.33. The van der Waals surface area contributed by atoms with Gasteiger partial charge < -0.3 is 19.0 Å². The zero-order chi connectivity index (χ0) is 25.8. The molecule has 0 bridgehead atoms. The van der Waals surface area contributed by atoms with E-state index in [0.29, 0.717) is 17.0 Å². The number of fused-ring (bicyclic) bond motifs is 1. The van der Waals surface area contributed by atoms with Gasteiger partial charge in [0.25, 0.3) is 5.89 Å². The Balaban J connectivity index is 1.34. The molecule has 7 nitrogen and oxygen atoms in total. The van der Waals surface area contributed by atoms with Crippen molar-refractivity contribution < 1.29 is 25.2 Å². The van der Waals surface area contributed by atoms with Gasteiger partial charge >= 0.3 is 6.18 Å². The monoisotopic (exact) mass is 491 g/mol. The number of rotatable bonds is 5. The van der Waals surface area contributed by atoms with E-state index in [1.165, 1.54) is 10.6 Å². The smallest absolute Gasteiger partial charge is 0.417 e. The average molecular weight is 492 g/mol. The summed E-state index contributed by atoms with van der Waals surface area (Å²) in [4.78, 5) is 8.56. The van der Waals surface area contributed by atoms with Crippen LogP contribution < -0.4 is 10.1 Å². The molecule has 4 aromatic rings. The lowest BCUT2D eigenvalue weighted by molar-refractivity contribution is -0.137. The second-order valence-corrected chi connectivity index (χ2v) is 8.25. The molecule has 4 heterocycles. The molecular weight excluding hydrogens is 471 g/mol. The van der Waals surface area contributed by atoms with Crippen molar-refractivity contribution in [2.45, 2.75) is 31.9 Å². The maximum atomic E-state index is 13.1. The first kappa shape index (κ1) is 19.9. The zero-order valence-corrected chi connectivity index (χ0v) is 18.5. The second kappa shape index (κ2) is 8.35. The summed E-state index contributed by atoms with van der Waals surface area (Å²) >= 11 is 6.00. The number of imidazole rings is 1. The molecule has 1 atom stereocenters. The number of hydrogen-bond donors (Lipinski definition) is 1. The topological polar surface area (TPSA) is 77.5 Å². The van der Waals surface area contributed by atoms with Crippen LogP contribution in [0.4, 0.5) is 13.2 Å². The maximum Gasteiger partial charge on any atom is 0.417 e. The molecule has 0 saturated carbocycles. The normalized spacial score (nSPS) is 18.6. The predicted octanol–water partition coefficient (Wildman–Crippen LogP) is 5.68. The molecule has 0 aliphatic carbocycles. The Hall–Kier alpha value is -3.53. The minimum atomic E-state index is -4.55. The third-order valence-corrected chi connectivity index (χ3v) is 5.57. The van der Waals surface area contributed by atoms with Crippen molar-refractivity contribution in [3.05, 3.63) is 65.1 Å². The van der Waals surface area contributed by atoms with Crippen molar-refractivity contribution in [1.29, 1.82) is 0 Å². The van der Waals surface area contributed by atoms with Crippen LogP contribution in [0.3, 0.4) is 0 Å².